The maximum Gasteiger partial charge on any atom is 0.229 e. The number of amides is 1. The van der Waals surface area contributed by atoms with E-state index >= 15 is 0 Å². The lowest BCUT2D eigenvalue weighted by Gasteiger charge is -2.08. The summed E-state index contributed by atoms with van der Waals surface area (Å²) in [6, 6.07) is 17.0. The minimum absolute atomic E-state index is 0.118. The fourth-order valence-electron chi connectivity index (χ4n) is 3.54. The SMILES string of the molecule is O=C(Cc1ccc(F)cc1)Nc1cc(-c2[nH]c3ccnnc3c2-c2ccccn2)ccn1. The van der Waals surface area contributed by atoms with E-state index in [4.69, 9.17) is 0 Å². The van der Waals surface area contributed by atoms with Crippen LogP contribution < -0.4 is 5.32 Å². The molecule has 0 spiro atoms. The number of nitrogens with one attached hydrogen (secondary N) is 2. The first-order valence-corrected chi connectivity index (χ1v) is 9.93. The quantitative estimate of drug-likeness (QED) is 0.436. The predicted octanol–water partition coefficient (Wildman–Crippen LogP) is 4.40. The zero-order valence-corrected chi connectivity index (χ0v) is 16.8. The molecule has 0 saturated heterocycles. The molecule has 0 atom stereocenters. The van der Waals surface area contributed by atoms with Gasteiger partial charge in [0, 0.05) is 18.0 Å². The average Bonchev–Trinajstić information content (AvgIpc) is 3.21. The van der Waals surface area contributed by atoms with Crippen LogP contribution >= 0.6 is 0 Å². The van der Waals surface area contributed by atoms with Gasteiger partial charge >= 0.3 is 0 Å². The zero-order valence-electron chi connectivity index (χ0n) is 16.8. The maximum atomic E-state index is 13.1. The fourth-order valence-corrected chi connectivity index (χ4v) is 3.54. The summed E-state index contributed by atoms with van der Waals surface area (Å²) in [5.74, 6) is -0.171. The number of pyridine rings is 2. The molecule has 4 heterocycles. The molecular weight excluding hydrogens is 407 g/mol. The summed E-state index contributed by atoms with van der Waals surface area (Å²) in [6.07, 6.45) is 5.09. The molecule has 7 nitrogen and oxygen atoms in total. The molecule has 1 amide bonds. The summed E-state index contributed by atoms with van der Waals surface area (Å²) in [6.45, 7) is 0. The third kappa shape index (κ3) is 3.93. The van der Waals surface area contributed by atoms with Crippen LogP contribution in [-0.2, 0) is 11.2 Å². The Morgan fingerprint density at radius 2 is 1.84 bits per heavy atom. The number of carbonyl (C=O) groups is 1. The maximum absolute atomic E-state index is 13.1. The number of benzene rings is 1. The Morgan fingerprint density at radius 3 is 2.66 bits per heavy atom. The van der Waals surface area contributed by atoms with Gasteiger partial charge in [0.25, 0.3) is 0 Å². The van der Waals surface area contributed by atoms with Crippen molar-refractivity contribution >= 4 is 22.8 Å². The van der Waals surface area contributed by atoms with Crippen molar-refractivity contribution < 1.29 is 9.18 Å². The third-order valence-corrected chi connectivity index (χ3v) is 4.98. The second-order valence-electron chi connectivity index (χ2n) is 7.16. The van der Waals surface area contributed by atoms with E-state index in [-0.39, 0.29) is 18.1 Å². The number of carbonyl (C=O) groups excluding carboxylic acids is 1. The molecule has 0 bridgehead atoms. The second-order valence-corrected chi connectivity index (χ2v) is 7.16. The van der Waals surface area contributed by atoms with Crippen molar-refractivity contribution in [3.63, 3.8) is 0 Å². The molecule has 4 aromatic heterocycles. The second kappa shape index (κ2) is 8.35. The molecule has 0 aliphatic heterocycles. The monoisotopic (exact) mass is 424 g/mol. The van der Waals surface area contributed by atoms with E-state index in [2.05, 4.69) is 30.5 Å². The van der Waals surface area contributed by atoms with Crippen molar-refractivity contribution in [2.75, 3.05) is 5.32 Å². The molecule has 32 heavy (non-hydrogen) atoms. The summed E-state index contributed by atoms with van der Waals surface area (Å²) in [5, 5.41) is 11.1. The molecule has 5 aromatic rings. The zero-order chi connectivity index (χ0) is 21.9. The molecular formula is C24H17FN6O. The van der Waals surface area contributed by atoms with Crippen molar-refractivity contribution in [2.45, 2.75) is 6.42 Å². The Hall–Kier alpha value is -4.46. The van der Waals surface area contributed by atoms with Crippen LogP contribution in [0.25, 0.3) is 33.5 Å². The molecule has 2 N–H and O–H groups in total. The van der Waals surface area contributed by atoms with Gasteiger partial charge in [0.05, 0.1) is 35.1 Å². The summed E-state index contributed by atoms with van der Waals surface area (Å²) < 4.78 is 13.1. The van der Waals surface area contributed by atoms with Gasteiger partial charge in [0.1, 0.15) is 17.2 Å². The molecule has 0 aliphatic carbocycles. The average molecular weight is 424 g/mol. The summed E-state index contributed by atoms with van der Waals surface area (Å²) in [7, 11) is 0. The van der Waals surface area contributed by atoms with Gasteiger partial charge in [-0.15, -0.1) is 5.10 Å². The van der Waals surface area contributed by atoms with Crippen molar-refractivity contribution in [1.82, 2.24) is 25.1 Å². The summed E-state index contributed by atoms with van der Waals surface area (Å²) in [4.78, 5) is 24.6. The van der Waals surface area contributed by atoms with Crippen molar-refractivity contribution in [3.8, 4) is 22.5 Å². The van der Waals surface area contributed by atoms with Crippen LogP contribution in [0.15, 0.2) is 79.3 Å². The molecule has 0 radical (unpaired) electrons. The number of hydrogen-bond donors (Lipinski definition) is 2. The van der Waals surface area contributed by atoms with Crippen LogP contribution in [0.5, 0.6) is 0 Å². The molecule has 0 fully saturated rings. The van der Waals surface area contributed by atoms with Crippen molar-refractivity contribution in [2.24, 2.45) is 0 Å². The lowest BCUT2D eigenvalue weighted by atomic mass is 10.1. The highest BCUT2D eigenvalue weighted by molar-refractivity contribution is 6.00. The van der Waals surface area contributed by atoms with E-state index in [9.17, 15) is 9.18 Å². The molecule has 0 aliphatic rings. The number of nitrogens with zero attached hydrogens (tertiary/aromatic N) is 4. The summed E-state index contributed by atoms with van der Waals surface area (Å²) in [5.41, 5.74) is 5.45. The molecule has 1 aromatic carbocycles. The van der Waals surface area contributed by atoms with E-state index in [1.165, 1.54) is 12.1 Å². The number of rotatable bonds is 5. The van der Waals surface area contributed by atoms with Crippen LogP contribution in [-0.4, -0.2) is 31.1 Å². The number of H-pyrrole nitrogens is 1. The van der Waals surface area contributed by atoms with Crippen LogP contribution in [0.1, 0.15) is 5.56 Å². The predicted molar refractivity (Wildman–Crippen MR) is 119 cm³/mol. The Bertz CT molecular complexity index is 1400. The van der Waals surface area contributed by atoms with Crippen molar-refractivity contribution in [1.29, 1.82) is 0 Å². The Kier molecular flexibility index (Phi) is 5.09. The van der Waals surface area contributed by atoms with E-state index < -0.39 is 0 Å². The Morgan fingerprint density at radius 1 is 0.969 bits per heavy atom. The standard InChI is InChI=1S/C24H17FN6O/c25-17-6-4-15(5-7-17)13-21(32)30-20-14-16(8-11-27-20)23-22(18-3-1-2-10-26-18)24-19(29-23)9-12-28-31-24/h1-12,14,29H,13H2,(H,27,30,32). The van der Waals surface area contributed by atoms with E-state index in [0.717, 1.165) is 28.0 Å². The topological polar surface area (TPSA) is 96.5 Å². The van der Waals surface area contributed by atoms with E-state index in [1.54, 1.807) is 36.8 Å². The highest BCUT2D eigenvalue weighted by Crippen LogP contribution is 2.36. The van der Waals surface area contributed by atoms with Gasteiger partial charge in [-0.2, -0.15) is 5.10 Å². The molecule has 0 unspecified atom stereocenters. The van der Waals surface area contributed by atoms with Gasteiger partial charge in [0.2, 0.25) is 5.91 Å². The van der Waals surface area contributed by atoms with Crippen LogP contribution in [0, 0.1) is 5.82 Å². The third-order valence-electron chi connectivity index (χ3n) is 4.98. The molecule has 156 valence electrons. The number of aromatic nitrogens is 5. The van der Waals surface area contributed by atoms with Gasteiger partial charge < -0.3 is 10.3 Å². The van der Waals surface area contributed by atoms with Gasteiger partial charge in [-0.1, -0.05) is 18.2 Å². The lowest BCUT2D eigenvalue weighted by Crippen LogP contribution is -2.15. The highest BCUT2D eigenvalue weighted by atomic mass is 19.1. The molecule has 8 heteroatoms. The number of fused-ring (bicyclic) bond motifs is 1. The van der Waals surface area contributed by atoms with E-state index in [1.807, 2.05) is 30.3 Å². The minimum atomic E-state index is -0.338. The van der Waals surface area contributed by atoms with Gasteiger partial charge in [-0.3, -0.25) is 9.78 Å². The number of halogens is 1. The first kappa shape index (κ1) is 19.5. The lowest BCUT2D eigenvalue weighted by molar-refractivity contribution is -0.115. The Labute approximate surface area is 182 Å². The Balaban J connectivity index is 1.48. The first-order chi connectivity index (χ1) is 15.7. The largest absolute Gasteiger partial charge is 0.353 e. The van der Waals surface area contributed by atoms with Crippen LogP contribution in [0.2, 0.25) is 0 Å². The molecule has 0 saturated carbocycles. The fraction of sp³-hybridized carbons (Fsp3) is 0.0417. The van der Waals surface area contributed by atoms with E-state index in [0.29, 0.717) is 16.9 Å². The van der Waals surface area contributed by atoms with Gasteiger partial charge in [-0.05, 0) is 48.0 Å². The van der Waals surface area contributed by atoms with Crippen molar-refractivity contribution in [3.05, 3.63) is 90.6 Å². The van der Waals surface area contributed by atoms with Gasteiger partial charge in [0.15, 0.2) is 0 Å². The van der Waals surface area contributed by atoms with Crippen LogP contribution in [0.3, 0.4) is 0 Å². The summed E-state index contributed by atoms with van der Waals surface area (Å²) >= 11 is 0. The van der Waals surface area contributed by atoms with Crippen LogP contribution in [0.4, 0.5) is 10.2 Å². The number of anilines is 1. The minimum Gasteiger partial charge on any atom is -0.353 e. The number of hydrogen-bond acceptors (Lipinski definition) is 5. The molecule has 5 rings (SSSR count). The van der Waals surface area contributed by atoms with Gasteiger partial charge in [-0.25, -0.2) is 9.37 Å². The normalized spacial score (nSPS) is 10.9. The smallest absolute Gasteiger partial charge is 0.229 e. The number of aromatic amines is 1. The first-order valence-electron chi connectivity index (χ1n) is 9.93. The highest BCUT2D eigenvalue weighted by Gasteiger charge is 2.18.